The quantitative estimate of drug-likeness (QED) is 0.373. The summed E-state index contributed by atoms with van der Waals surface area (Å²) in [7, 11) is -2.97. The average Bonchev–Trinajstić information content (AvgIpc) is 2.73. The van der Waals surface area contributed by atoms with Crippen LogP contribution >= 0.6 is 35.3 Å². The third-order valence-electron chi connectivity index (χ3n) is 2.76. The monoisotopic (exact) mass is 459 g/mol. The minimum absolute atomic E-state index is 0. The Morgan fingerprint density at radius 3 is 2.59 bits per heavy atom. The normalized spacial score (nSPS) is 13.4. The Kier molecular flexibility index (Phi) is 10.3. The summed E-state index contributed by atoms with van der Waals surface area (Å²) in [5.41, 5.74) is 0. The van der Waals surface area contributed by atoms with Crippen molar-refractivity contribution in [2.45, 2.75) is 33.2 Å². The number of aliphatic imine (C=N–C) groups is 1. The first-order chi connectivity index (χ1) is 9.80. The maximum atomic E-state index is 11.1. The molecule has 0 radical (unpaired) electrons. The van der Waals surface area contributed by atoms with Gasteiger partial charge in [-0.3, -0.25) is 4.99 Å². The van der Waals surface area contributed by atoms with Crippen LogP contribution in [-0.4, -0.2) is 45.5 Å². The maximum absolute atomic E-state index is 11.1. The Balaban J connectivity index is 0.00000441. The van der Waals surface area contributed by atoms with Crippen molar-refractivity contribution in [1.82, 2.24) is 10.6 Å². The zero-order valence-corrected chi connectivity index (χ0v) is 17.5. The van der Waals surface area contributed by atoms with Crippen LogP contribution in [0, 0.1) is 6.92 Å². The second kappa shape index (κ2) is 10.4. The smallest absolute Gasteiger partial charge is 0.191 e. The van der Waals surface area contributed by atoms with Gasteiger partial charge in [0.2, 0.25) is 0 Å². The zero-order chi connectivity index (χ0) is 15.9. The minimum Gasteiger partial charge on any atom is -0.357 e. The fraction of sp³-hybridized carbons (Fsp3) is 0.643. The standard InChI is InChI=1S/C14H25N3O2S2.HI/c1-5-15-14(16-8-9-21(4,18)19)17-11(2)10-13-7-6-12(3)20-13;/h6-7,11H,5,8-10H2,1-4H3,(H2,15,16,17);1H. The predicted octanol–water partition coefficient (Wildman–Crippen LogP) is 2.21. The number of nitrogens with one attached hydrogen (secondary N) is 2. The third kappa shape index (κ3) is 9.62. The van der Waals surface area contributed by atoms with E-state index in [0.717, 1.165) is 13.0 Å². The van der Waals surface area contributed by atoms with Gasteiger partial charge in [0, 0.05) is 35.0 Å². The summed E-state index contributed by atoms with van der Waals surface area (Å²) in [5.74, 6) is 0.740. The second-order valence-electron chi connectivity index (χ2n) is 5.15. The second-order valence-corrected chi connectivity index (χ2v) is 8.78. The Bertz CT molecular complexity index is 570. The summed E-state index contributed by atoms with van der Waals surface area (Å²) >= 11 is 1.80. The lowest BCUT2D eigenvalue weighted by Gasteiger charge is -2.17. The van der Waals surface area contributed by atoms with Crippen molar-refractivity contribution < 1.29 is 8.42 Å². The number of rotatable bonds is 7. The molecule has 0 spiro atoms. The number of aryl methyl sites for hydroxylation is 1. The van der Waals surface area contributed by atoms with Gasteiger partial charge < -0.3 is 10.6 Å². The van der Waals surface area contributed by atoms with E-state index in [1.54, 1.807) is 11.3 Å². The number of nitrogens with zero attached hydrogens (tertiary/aromatic N) is 1. The SMILES string of the molecule is CCNC(=NCCS(C)(=O)=O)NC(C)Cc1ccc(C)s1.I. The van der Waals surface area contributed by atoms with Gasteiger partial charge in [-0.1, -0.05) is 0 Å². The maximum Gasteiger partial charge on any atom is 0.191 e. The lowest BCUT2D eigenvalue weighted by atomic mass is 10.2. The molecule has 0 aromatic carbocycles. The molecule has 0 aliphatic rings. The third-order valence-corrected chi connectivity index (χ3v) is 4.71. The van der Waals surface area contributed by atoms with E-state index < -0.39 is 9.84 Å². The predicted molar refractivity (Wildman–Crippen MR) is 106 cm³/mol. The molecule has 8 heteroatoms. The van der Waals surface area contributed by atoms with Crippen LogP contribution in [0.1, 0.15) is 23.6 Å². The Morgan fingerprint density at radius 2 is 2.09 bits per heavy atom. The van der Waals surface area contributed by atoms with E-state index in [2.05, 4.69) is 41.6 Å². The van der Waals surface area contributed by atoms with Crippen molar-refractivity contribution in [3.8, 4) is 0 Å². The Hall–Kier alpha value is -0.350. The molecule has 1 aromatic heterocycles. The molecule has 0 aliphatic heterocycles. The molecular weight excluding hydrogens is 433 g/mol. The van der Waals surface area contributed by atoms with Gasteiger partial charge in [0.15, 0.2) is 5.96 Å². The first-order valence-corrected chi connectivity index (χ1v) is 9.95. The lowest BCUT2D eigenvalue weighted by Crippen LogP contribution is -2.43. The highest BCUT2D eigenvalue weighted by molar-refractivity contribution is 14.0. The molecule has 0 saturated carbocycles. The topological polar surface area (TPSA) is 70.6 Å². The van der Waals surface area contributed by atoms with Gasteiger partial charge in [-0.25, -0.2) is 8.42 Å². The van der Waals surface area contributed by atoms with E-state index in [1.165, 1.54) is 16.0 Å². The molecule has 0 bridgehead atoms. The van der Waals surface area contributed by atoms with Gasteiger partial charge in [0.1, 0.15) is 9.84 Å². The summed E-state index contributed by atoms with van der Waals surface area (Å²) in [6.45, 7) is 7.21. The summed E-state index contributed by atoms with van der Waals surface area (Å²) < 4.78 is 22.3. The highest BCUT2D eigenvalue weighted by Gasteiger charge is 2.08. The van der Waals surface area contributed by atoms with Gasteiger partial charge in [-0.15, -0.1) is 35.3 Å². The molecule has 1 atom stereocenters. The van der Waals surface area contributed by atoms with E-state index in [-0.39, 0.29) is 42.3 Å². The van der Waals surface area contributed by atoms with E-state index >= 15 is 0 Å². The molecule has 1 aromatic rings. The molecule has 0 saturated heterocycles. The molecule has 0 aliphatic carbocycles. The Morgan fingerprint density at radius 1 is 1.41 bits per heavy atom. The van der Waals surface area contributed by atoms with Crippen molar-refractivity contribution in [2.75, 3.05) is 25.1 Å². The number of guanidine groups is 1. The van der Waals surface area contributed by atoms with E-state index in [0.29, 0.717) is 5.96 Å². The van der Waals surface area contributed by atoms with Crippen molar-refractivity contribution in [3.63, 3.8) is 0 Å². The summed E-state index contributed by atoms with van der Waals surface area (Å²) in [6.07, 6.45) is 2.15. The van der Waals surface area contributed by atoms with Gasteiger partial charge >= 0.3 is 0 Å². The molecule has 1 heterocycles. The van der Waals surface area contributed by atoms with Crippen LogP contribution in [0.15, 0.2) is 17.1 Å². The molecule has 128 valence electrons. The molecule has 0 fully saturated rings. The van der Waals surface area contributed by atoms with Crippen LogP contribution in [-0.2, 0) is 16.3 Å². The molecular formula is C14H26IN3O2S2. The van der Waals surface area contributed by atoms with Crippen LogP contribution in [0.4, 0.5) is 0 Å². The van der Waals surface area contributed by atoms with Gasteiger partial charge in [0.25, 0.3) is 0 Å². The average molecular weight is 459 g/mol. The highest BCUT2D eigenvalue weighted by atomic mass is 127. The fourth-order valence-electron chi connectivity index (χ4n) is 1.82. The van der Waals surface area contributed by atoms with Crippen LogP contribution in [0.25, 0.3) is 0 Å². The summed E-state index contributed by atoms with van der Waals surface area (Å²) in [5, 5.41) is 6.45. The Labute approximate surface area is 154 Å². The zero-order valence-electron chi connectivity index (χ0n) is 13.5. The number of hydrogen-bond acceptors (Lipinski definition) is 4. The molecule has 5 nitrogen and oxygen atoms in total. The van der Waals surface area contributed by atoms with E-state index in [4.69, 9.17) is 0 Å². The van der Waals surface area contributed by atoms with Crippen LogP contribution < -0.4 is 10.6 Å². The number of thiophene rings is 1. The van der Waals surface area contributed by atoms with Gasteiger partial charge in [-0.05, 0) is 32.9 Å². The molecule has 22 heavy (non-hydrogen) atoms. The molecule has 2 N–H and O–H groups in total. The van der Waals surface area contributed by atoms with Crippen molar-refractivity contribution in [1.29, 1.82) is 0 Å². The molecule has 1 rings (SSSR count). The van der Waals surface area contributed by atoms with Crippen molar-refractivity contribution in [2.24, 2.45) is 4.99 Å². The van der Waals surface area contributed by atoms with Crippen molar-refractivity contribution >= 4 is 51.1 Å². The first kappa shape index (κ1) is 21.6. The molecule has 1 unspecified atom stereocenters. The van der Waals surface area contributed by atoms with Crippen molar-refractivity contribution in [3.05, 3.63) is 21.9 Å². The highest BCUT2D eigenvalue weighted by Crippen LogP contribution is 2.16. The largest absolute Gasteiger partial charge is 0.357 e. The first-order valence-electron chi connectivity index (χ1n) is 7.08. The number of halogens is 1. The van der Waals surface area contributed by atoms with E-state index in [9.17, 15) is 8.42 Å². The van der Waals surface area contributed by atoms with Crippen LogP contribution in [0.2, 0.25) is 0 Å². The van der Waals surface area contributed by atoms with E-state index in [1.807, 2.05) is 6.92 Å². The van der Waals surface area contributed by atoms with Gasteiger partial charge in [-0.2, -0.15) is 0 Å². The van der Waals surface area contributed by atoms with Crippen LogP contribution in [0.5, 0.6) is 0 Å². The summed E-state index contributed by atoms with van der Waals surface area (Å²) in [4.78, 5) is 6.95. The minimum atomic E-state index is -2.97. The molecule has 0 amide bonds. The fourth-order valence-corrected chi connectivity index (χ4v) is 3.27. The summed E-state index contributed by atoms with van der Waals surface area (Å²) in [6, 6.07) is 4.50. The lowest BCUT2D eigenvalue weighted by molar-refractivity contribution is 0.601. The van der Waals surface area contributed by atoms with Crippen LogP contribution in [0.3, 0.4) is 0 Å². The number of hydrogen-bond donors (Lipinski definition) is 2. The van der Waals surface area contributed by atoms with Gasteiger partial charge in [0.05, 0.1) is 12.3 Å². The number of sulfone groups is 1.